The maximum absolute atomic E-state index is 13.4. The van der Waals surface area contributed by atoms with Gasteiger partial charge in [-0.05, 0) is 25.2 Å². The number of alkyl halides is 1. The van der Waals surface area contributed by atoms with Crippen molar-refractivity contribution in [2.45, 2.75) is 50.5 Å². The highest BCUT2D eigenvalue weighted by Crippen LogP contribution is 2.27. The van der Waals surface area contributed by atoms with Crippen molar-refractivity contribution >= 4 is 5.91 Å². The van der Waals surface area contributed by atoms with Crippen LogP contribution in [0.3, 0.4) is 0 Å². The van der Waals surface area contributed by atoms with Gasteiger partial charge in [0.2, 0.25) is 5.91 Å². The van der Waals surface area contributed by atoms with E-state index in [4.69, 9.17) is 5.26 Å². The van der Waals surface area contributed by atoms with Crippen molar-refractivity contribution in [2.75, 3.05) is 13.1 Å². The number of nitriles is 1. The zero-order chi connectivity index (χ0) is 16.2. The molecule has 124 valence electrons. The minimum atomic E-state index is -1.08. The lowest BCUT2D eigenvalue weighted by atomic mass is 10.1. The lowest BCUT2D eigenvalue weighted by Crippen LogP contribution is -2.43. The Morgan fingerprint density at radius 3 is 3.04 bits per heavy atom. The number of aromatic nitrogens is 3. The summed E-state index contributed by atoms with van der Waals surface area (Å²) in [5, 5.41) is 16.4. The van der Waals surface area contributed by atoms with Crippen molar-refractivity contribution in [3.05, 3.63) is 12.7 Å². The first-order chi connectivity index (χ1) is 11.2. The number of halogens is 1. The Hall–Kier alpha value is -2.01. The third-order valence-corrected chi connectivity index (χ3v) is 4.71. The van der Waals surface area contributed by atoms with Gasteiger partial charge in [0.15, 0.2) is 0 Å². The van der Waals surface area contributed by atoms with Crippen molar-refractivity contribution in [3.8, 4) is 6.07 Å². The highest BCUT2D eigenvalue weighted by molar-refractivity contribution is 5.79. The van der Waals surface area contributed by atoms with Crippen molar-refractivity contribution < 1.29 is 9.18 Å². The summed E-state index contributed by atoms with van der Waals surface area (Å²) in [5.41, 5.74) is 0. The van der Waals surface area contributed by atoms with Gasteiger partial charge in [0, 0.05) is 19.0 Å². The van der Waals surface area contributed by atoms with E-state index in [0.717, 1.165) is 25.8 Å². The summed E-state index contributed by atoms with van der Waals surface area (Å²) in [5.74, 6) is 0.342. The molecule has 0 aromatic carbocycles. The number of hydrogen-bond acceptors (Lipinski definition) is 5. The molecule has 1 amide bonds. The van der Waals surface area contributed by atoms with Gasteiger partial charge < -0.3 is 10.2 Å². The minimum absolute atomic E-state index is 0.0400. The molecule has 1 saturated carbocycles. The molecule has 1 aliphatic carbocycles. The third-order valence-electron chi connectivity index (χ3n) is 4.71. The number of amides is 1. The SMILES string of the molecule is N#C[C@@H]1CC(F)CN1C(=O)CN[C@@H]1CC[C@H](Cn2cncn2)C1. The minimum Gasteiger partial charge on any atom is -0.323 e. The molecule has 1 unspecified atom stereocenters. The smallest absolute Gasteiger partial charge is 0.237 e. The molecule has 23 heavy (non-hydrogen) atoms. The Morgan fingerprint density at radius 2 is 2.30 bits per heavy atom. The van der Waals surface area contributed by atoms with Crippen molar-refractivity contribution in [3.63, 3.8) is 0 Å². The summed E-state index contributed by atoms with van der Waals surface area (Å²) in [6.45, 7) is 1.06. The van der Waals surface area contributed by atoms with E-state index in [1.54, 1.807) is 6.33 Å². The van der Waals surface area contributed by atoms with Crippen LogP contribution < -0.4 is 5.32 Å². The van der Waals surface area contributed by atoms with Crippen LogP contribution in [0.25, 0.3) is 0 Å². The summed E-state index contributed by atoms with van der Waals surface area (Å²) in [4.78, 5) is 17.5. The quantitative estimate of drug-likeness (QED) is 0.853. The molecule has 1 aromatic heterocycles. The van der Waals surface area contributed by atoms with Crippen molar-refractivity contribution in [1.29, 1.82) is 5.26 Å². The average Bonchev–Trinajstić information content (AvgIpc) is 3.26. The number of likely N-dealkylation sites (tertiary alicyclic amines) is 1. The predicted molar refractivity (Wildman–Crippen MR) is 79.8 cm³/mol. The zero-order valence-electron chi connectivity index (χ0n) is 12.9. The number of hydrogen-bond donors (Lipinski definition) is 1. The molecule has 1 aliphatic heterocycles. The molecule has 1 saturated heterocycles. The molecule has 1 N–H and O–H groups in total. The Bertz CT molecular complexity index is 571. The Balaban J connectivity index is 1.42. The molecule has 1 aromatic rings. The van der Waals surface area contributed by atoms with Gasteiger partial charge in [-0.15, -0.1) is 0 Å². The number of carbonyl (C=O) groups is 1. The molecule has 8 heteroatoms. The first-order valence-electron chi connectivity index (χ1n) is 8.04. The number of rotatable bonds is 5. The molecule has 3 rings (SSSR count). The second-order valence-electron chi connectivity index (χ2n) is 6.40. The number of nitrogens with one attached hydrogen (secondary N) is 1. The van der Waals surface area contributed by atoms with Crippen LogP contribution in [0.2, 0.25) is 0 Å². The molecule has 4 atom stereocenters. The fraction of sp³-hybridized carbons (Fsp3) is 0.733. The van der Waals surface area contributed by atoms with Gasteiger partial charge in [-0.25, -0.2) is 9.37 Å². The molecule has 0 radical (unpaired) electrons. The van der Waals surface area contributed by atoms with E-state index in [1.807, 2.05) is 10.8 Å². The molecule has 2 aliphatic rings. The molecule has 2 heterocycles. The van der Waals surface area contributed by atoms with Crippen LogP contribution in [0.1, 0.15) is 25.7 Å². The van der Waals surface area contributed by atoms with Crippen LogP contribution in [0.15, 0.2) is 12.7 Å². The van der Waals surface area contributed by atoms with Crippen LogP contribution in [0.4, 0.5) is 4.39 Å². The van der Waals surface area contributed by atoms with E-state index in [2.05, 4.69) is 15.4 Å². The molecule has 7 nitrogen and oxygen atoms in total. The summed E-state index contributed by atoms with van der Waals surface area (Å²) < 4.78 is 15.2. The van der Waals surface area contributed by atoms with Gasteiger partial charge in [-0.1, -0.05) is 0 Å². The first-order valence-corrected chi connectivity index (χ1v) is 8.04. The fourth-order valence-electron chi connectivity index (χ4n) is 3.53. The van der Waals surface area contributed by atoms with Crippen LogP contribution in [-0.2, 0) is 11.3 Å². The maximum Gasteiger partial charge on any atom is 0.237 e. The second kappa shape index (κ2) is 7.04. The Kier molecular flexibility index (Phi) is 4.86. The summed E-state index contributed by atoms with van der Waals surface area (Å²) >= 11 is 0. The summed E-state index contributed by atoms with van der Waals surface area (Å²) in [7, 11) is 0. The Labute approximate surface area is 134 Å². The lowest BCUT2D eigenvalue weighted by molar-refractivity contribution is -0.130. The van der Waals surface area contributed by atoms with E-state index in [-0.39, 0.29) is 31.5 Å². The Morgan fingerprint density at radius 1 is 1.43 bits per heavy atom. The van der Waals surface area contributed by atoms with Crippen LogP contribution in [0.5, 0.6) is 0 Å². The van der Waals surface area contributed by atoms with E-state index in [1.165, 1.54) is 11.2 Å². The molecule has 0 bridgehead atoms. The van der Waals surface area contributed by atoms with Crippen molar-refractivity contribution in [1.82, 2.24) is 25.0 Å². The topological polar surface area (TPSA) is 86.8 Å². The molecule has 2 fully saturated rings. The molecular weight excluding hydrogens is 299 g/mol. The number of nitrogens with zero attached hydrogens (tertiary/aromatic N) is 5. The van der Waals surface area contributed by atoms with E-state index in [0.29, 0.717) is 5.92 Å². The maximum atomic E-state index is 13.4. The average molecular weight is 320 g/mol. The van der Waals surface area contributed by atoms with Gasteiger partial charge >= 0.3 is 0 Å². The summed E-state index contributed by atoms with van der Waals surface area (Å²) in [6.07, 6.45) is 5.38. The standard InChI is InChI=1S/C15H21FN6O/c16-12-4-14(5-17)22(8-12)15(23)6-19-13-2-1-11(3-13)7-21-10-18-9-20-21/h9-14,19H,1-4,6-8H2/t11-,12?,13+,14-/m0/s1. The zero-order valence-corrected chi connectivity index (χ0v) is 12.9. The third kappa shape index (κ3) is 3.85. The normalized spacial score (nSPS) is 30.5. The van der Waals surface area contributed by atoms with Crippen LogP contribution >= 0.6 is 0 Å². The van der Waals surface area contributed by atoms with Gasteiger partial charge in [-0.3, -0.25) is 9.48 Å². The van der Waals surface area contributed by atoms with Crippen LogP contribution in [-0.4, -0.2) is 56.9 Å². The van der Waals surface area contributed by atoms with Gasteiger partial charge in [-0.2, -0.15) is 10.4 Å². The monoisotopic (exact) mass is 320 g/mol. The van der Waals surface area contributed by atoms with E-state index in [9.17, 15) is 9.18 Å². The summed E-state index contributed by atoms with van der Waals surface area (Å²) in [6, 6.07) is 1.67. The molecule has 0 spiro atoms. The van der Waals surface area contributed by atoms with Gasteiger partial charge in [0.05, 0.1) is 19.2 Å². The fourth-order valence-corrected chi connectivity index (χ4v) is 3.53. The van der Waals surface area contributed by atoms with E-state index < -0.39 is 12.2 Å². The second-order valence-corrected chi connectivity index (χ2v) is 6.40. The first kappa shape index (κ1) is 15.9. The lowest BCUT2D eigenvalue weighted by Gasteiger charge is -2.21. The predicted octanol–water partition coefficient (Wildman–Crippen LogP) is 0.499. The highest BCUT2D eigenvalue weighted by Gasteiger charge is 2.35. The van der Waals surface area contributed by atoms with Gasteiger partial charge in [0.25, 0.3) is 0 Å². The highest BCUT2D eigenvalue weighted by atomic mass is 19.1. The molecular formula is C15H21FN6O. The van der Waals surface area contributed by atoms with E-state index >= 15 is 0 Å². The largest absolute Gasteiger partial charge is 0.323 e. The van der Waals surface area contributed by atoms with Gasteiger partial charge in [0.1, 0.15) is 24.9 Å². The van der Waals surface area contributed by atoms with Crippen LogP contribution in [0, 0.1) is 17.2 Å². The number of carbonyl (C=O) groups excluding carboxylic acids is 1. The van der Waals surface area contributed by atoms with Crippen molar-refractivity contribution in [2.24, 2.45) is 5.92 Å².